The number of ether oxygens (including phenoxy) is 1. The average Bonchev–Trinajstić information content (AvgIpc) is 3.13. The fourth-order valence-electron chi connectivity index (χ4n) is 3.38. The number of pyridine rings is 1. The van der Waals surface area contributed by atoms with E-state index in [0.29, 0.717) is 22.9 Å². The van der Waals surface area contributed by atoms with Crippen molar-refractivity contribution in [3.8, 4) is 16.9 Å². The van der Waals surface area contributed by atoms with Crippen molar-refractivity contribution in [1.82, 2.24) is 4.98 Å². The second-order valence-electron chi connectivity index (χ2n) is 6.80. The number of aliphatic imine (C=N–C) groups is 1. The van der Waals surface area contributed by atoms with E-state index in [1.165, 1.54) is 0 Å². The van der Waals surface area contributed by atoms with Crippen molar-refractivity contribution in [2.45, 2.75) is 12.8 Å². The first kappa shape index (κ1) is 20.2. The summed E-state index contributed by atoms with van der Waals surface area (Å²) in [6, 6.07) is 14.6. The standard InChI is InChI=1S/C22H18Cl2N4O2/c1-30-13-5-6-15(17(23)11-13)14-3-2-4-19-16(14)9-12(26-19)10-21(29)28-22-18(25)7-8-20(24)27-22/h2-8,11H,9-10,25H2,1H3,(H,27,28,29). The van der Waals surface area contributed by atoms with Gasteiger partial charge in [-0.3, -0.25) is 9.79 Å². The van der Waals surface area contributed by atoms with Crippen LogP contribution < -0.4 is 15.8 Å². The van der Waals surface area contributed by atoms with Crippen LogP contribution in [0.3, 0.4) is 0 Å². The number of aromatic nitrogens is 1. The summed E-state index contributed by atoms with van der Waals surface area (Å²) in [5.41, 5.74) is 10.7. The molecule has 1 aliphatic heterocycles. The van der Waals surface area contributed by atoms with Crippen LogP contribution in [0.25, 0.3) is 11.1 Å². The Hall–Kier alpha value is -3.09. The lowest BCUT2D eigenvalue weighted by Crippen LogP contribution is -2.18. The van der Waals surface area contributed by atoms with Crippen LogP contribution in [0.1, 0.15) is 12.0 Å². The summed E-state index contributed by atoms with van der Waals surface area (Å²) in [6.45, 7) is 0. The number of benzene rings is 2. The lowest BCUT2D eigenvalue weighted by Gasteiger charge is -2.11. The minimum atomic E-state index is -0.257. The Morgan fingerprint density at radius 1 is 1.17 bits per heavy atom. The van der Waals surface area contributed by atoms with Crippen molar-refractivity contribution in [3.63, 3.8) is 0 Å². The number of halogens is 2. The summed E-state index contributed by atoms with van der Waals surface area (Å²) < 4.78 is 5.23. The maximum atomic E-state index is 12.5. The molecule has 1 amide bonds. The topological polar surface area (TPSA) is 89.6 Å². The van der Waals surface area contributed by atoms with Crippen LogP contribution in [0.15, 0.2) is 53.5 Å². The van der Waals surface area contributed by atoms with Crippen LogP contribution >= 0.6 is 23.2 Å². The van der Waals surface area contributed by atoms with E-state index >= 15 is 0 Å². The number of fused-ring (bicyclic) bond motifs is 1. The molecule has 4 rings (SSSR count). The van der Waals surface area contributed by atoms with Gasteiger partial charge in [0, 0.05) is 17.7 Å². The molecule has 3 aromatic rings. The van der Waals surface area contributed by atoms with Gasteiger partial charge in [-0.05, 0) is 47.5 Å². The molecule has 0 aliphatic carbocycles. The number of anilines is 2. The van der Waals surface area contributed by atoms with Gasteiger partial charge >= 0.3 is 0 Å². The summed E-state index contributed by atoms with van der Waals surface area (Å²) in [4.78, 5) is 21.2. The van der Waals surface area contributed by atoms with Gasteiger partial charge in [0.25, 0.3) is 0 Å². The second-order valence-corrected chi connectivity index (χ2v) is 7.60. The highest BCUT2D eigenvalue weighted by Crippen LogP contribution is 2.39. The Morgan fingerprint density at radius 3 is 2.77 bits per heavy atom. The number of nitrogen functional groups attached to an aromatic ring is 1. The van der Waals surface area contributed by atoms with Crippen molar-refractivity contribution in [2.75, 3.05) is 18.2 Å². The van der Waals surface area contributed by atoms with Crippen molar-refractivity contribution in [1.29, 1.82) is 0 Å². The van der Waals surface area contributed by atoms with Gasteiger partial charge in [-0.15, -0.1) is 0 Å². The minimum absolute atomic E-state index is 0.123. The van der Waals surface area contributed by atoms with Gasteiger partial charge in [-0.25, -0.2) is 4.98 Å². The lowest BCUT2D eigenvalue weighted by atomic mass is 9.96. The molecule has 3 N–H and O–H groups in total. The minimum Gasteiger partial charge on any atom is -0.497 e. The van der Waals surface area contributed by atoms with E-state index in [4.69, 9.17) is 33.7 Å². The Balaban J connectivity index is 1.53. The van der Waals surface area contributed by atoms with Crippen molar-refractivity contribution < 1.29 is 9.53 Å². The highest BCUT2D eigenvalue weighted by molar-refractivity contribution is 6.33. The van der Waals surface area contributed by atoms with Crippen LogP contribution in [0.2, 0.25) is 10.2 Å². The summed E-state index contributed by atoms with van der Waals surface area (Å²) in [6.07, 6.45) is 0.678. The van der Waals surface area contributed by atoms with Gasteiger partial charge in [0.15, 0.2) is 5.82 Å². The normalized spacial score (nSPS) is 12.3. The molecule has 2 aromatic carbocycles. The summed E-state index contributed by atoms with van der Waals surface area (Å²) >= 11 is 12.4. The molecule has 6 nitrogen and oxygen atoms in total. The molecule has 0 spiro atoms. The maximum Gasteiger partial charge on any atom is 0.231 e. The fraction of sp³-hybridized carbons (Fsp3) is 0.136. The van der Waals surface area contributed by atoms with Crippen molar-refractivity contribution in [2.24, 2.45) is 4.99 Å². The maximum absolute atomic E-state index is 12.5. The summed E-state index contributed by atoms with van der Waals surface area (Å²) in [5.74, 6) is 0.681. The van der Waals surface area contributed by atoms with E-state index in [2.05, 4.69) is 15.3 Å². The summed E-state index contributed by atoms with van der Waals surface area (Å²) in [5, 5.41) is 3.55. The molecular formula is C22H18Cl2N4O2. The predicted molar refractivity (Wildman–Crippen MR) is 121 cm³/mol. The first-order chi connectivity index (χ1) is 14.4. The van der Waals surface area contributed by atoms with Crippen LogP contribution in [-0.2, 0) is 11.2 Å². The van der Waals surface area contributed by atoms with Gasteiger partial charge in [0.1, 0.15) is 10.9 Å². The van der Waals surface area contributed by atoms with E-state index in [1.807, 2.05) is 30.3 Å². The van der Waals surface area contributed by atoms with Gasteiger partial charge in [0.2, 0.25) is 5.91 Å². The van der Waals surface area contributed by atoms with Crippen LogP contribution in [0, 0.1) is 0 Å². The van der Waals surface area contributed by atoms with E-state index in [9.17, 15) is 4.79 Å². The van der Waals surface area contributed by atoms with Gasteiger partial charge in [-0.1, -0.05) is 35.3 Å². The SMILES string of the molecule is COc1ccc(-c2cccc3c2CC(CC(=O)Nc2nc(Cl)ccc2N)=N3)c(Cl)c1. The molecule has 0 saturated carbocycles. The van der Waals surface area contributed by atoms with E-state index in [-0.39, 0.29) is 23.3 Å². The highest BCUT2D eigenvalue weighted by atomic mass is 35.5. The Labute approximate surface area is 183 Å². The molecule has 0 atom stereocenters. The quantitative estimate of drug-likeness (QED) is 0.526. The molecule has 1 aromatic heterocycles. The molecule has 0 radical (unpaired) electrons. The third-order valence-corrected chi connectivity index (χ3v) is 5.32. The highest BCUT2D eigenvalue weighted by Gasteiger charge is 2.22. The number of nitrogens with one attached hydrogen (secondary N) is 1. The number of carbonyl (C=O) groups is 1. The van der Waals surface area contributed by atoms with Crippen molar-refractivity contribution >= 4 is 52.0 Å². The fourth-order valence-corrected chi connectivity index (χ4v) is 3.80. The molecular weight excluding hydrogens is 423 g/mol. The molecule has 1 aliphatic rings. The lowest BCUT2D eigenvalue weighted by molar-refractivity contribution is -0.115. The average molecular weight is 441 g/mol. The molecule has 0 saturated heterocycles. The number of nitrogens with zero attached hydrogens (tertiary/aromatic N) is 2. The second kappa shape index (κ2) is 8.34. The third-order valence-electron chi connectivity index (χ3n) is 4.79. The Bertz CT molecular complexity index is 1180. The predicted octanol–water partition coefficient (Wildman–Crippen LogP) is 5.30. The molecule has 30 heavy (non-hydrogen) atoms. The van der Waals surface area contributed by atoms with Crippen LogP contribution in [0.5, 0.6) is 5.75 Å². The zero-order valence-corrected chi connectivity index (χ0v) is 17.6. The van der Waals surface area contributed by atoms with Gasteiger partial charge in [0.05, 0.1) is 29.9 Å². The molecule has 8 heteroatoms. The van der Waals surface area contributed by atoms with Gasteiger partial charge in [-0.2, -0.15) is 0 Å². The Kier molecular flexibility index (Phi) is 5.61. The van der Waals surface area contributed by atoms with E-state index in [0.717, 1.165) is 28.1 Å². The van der Waals surface area contributed by atoms with E-state index < -0.39 is 0 Å². The Morgan fingerprint density at radius 2 is 2.00 bits per heavy atom. The first-order valence-electron chi connectivity index (χ1n) is 9.18. The first-order valence-corrected chi connectivity index (χ1v) is 9.94. The van der Waals surface area contributed by atoms with Crippen LogP contribution in [-0.4, -0.2) is 23.7 Å². The van der Waals surface area contributed by atoms with E-state index in [1.54, 1.807) is 25.3 Å². The third kappa shape index (κ3) is 4.10. The number of hydrogen-bond donors (Lipinski definition) is 2. The smallest absolute Gasteiger partial charge is 0.231 e. The molecule has 0 bridgehead atoms. The zero-order valence-electron chi connectivity index (χ0n) is 16.1. The monoisotopic (exact) mass is 440 g/mol. The molecule has 2 heterocycles. The number of carbonyl (C=O) groups excluding carboxylic acids is 1. The number of rotatable bonds is 5. The van der Waals surface area contributed by atoms with Crippen molar-refractivity contribution in [3.05, 3.63) is 64.3 Å². The zero-order chi connectivity index (χ0) is 21.3. The largest absolute Gasteiger partial charge is 0.497 e. The van der Waals surface area contributed by atoms with Gasteiger partial charge < -0.3 is 15.8 Å². The number of amides is 1. The summed E-state index contributed by atoms with van der Waals surface area (Å²) in [7, 11) is 1.60. The number of hydrogen-bond acceptors (Lipinski definition) is 5. The molecule has 0 fully saturated rings. The number of methoxy groups -OCH3 is 1. The molecule has 0 unspecified atom stereocenters. The molecule has 152 valence electrons. The number of nitrogens with two attached hydrogens (primary N) is 1. The van der Waals surface area contributed by atoms with Crippen LogP contribution in [0.4, 0.5) is 17.2 Å².